The van der Waals surface area contributed by atoms with Crippen LogP contribution in [0.3, 0.4) is 0 Å². The van der Waals surface area contributed by atoms with E-state index >= 15 is 0 Å². The van der Waals surface area contributed by atoms with Crippen LogP contribution in [0.25, 0.3) is 10.8 Å². The molecule has 0 spiro atoms. The molecule has 1 aliphatic heterocycles. The quantitative estimate of drug-likeness (QED) is 0.752. The number of halogens is 1. The van der Waals surface area contributed by atoms with E-state index in [0.29, 0.717) is 18.6 Å². The van der Waals surface area contributed by atoms with E-state index in [4.69, 9.17) is 16.3 Å². The lowest BCUT2D eigenvalue weighted by molar-refractivity contribution is 0.182. The minimum absolute atomic E-state index is 0.00167. The molecule has 1 atom stereocenters. The molecule has 4 nitrogen and oxygen atoms in total. The normalized spacial score (nSPS) is 19.8. The predicted octanol–water partition coefficient (Wildman–Crippen LogP) is 4.23. The van der Waals surface area contributed by atoms with Crippen molar-refractivity contribution in [3.05, 3.63) is 75.2 Å². The Morgan fingerprint density at radius 3 is 2.85 bits per heavy atom. The van der Waals surface area contributed by atoms with Gasteiger partial charge in [0.2, 0.25) is 0 Å². The number of hydrogen-bond donors (Lipinski definition) is 1. The molecule has 0 bridgehead atoms. The topological polar surface area (TPSA) is 43.3 Å². The highest BCUT2D eigenvalue weighted by atomic mass is 35.5. The number of aryl methyl sites for hydroxylation is 1. The minimum Gasteiger partial charge on any atom is -0.379 e. The van der Waals surface area contributed by atoms with Gasteiger partial charge in [0, 0.05) is 42.4 Å². The lowest BCUT2D eigenvalue weighted by Crippen LogP contribution is -2.36. The second-order valence-electron chi connectivity index (χ2n) is 6.96. The van der Waals surface area contributed by atoms with Crippen LogP contribution in [0.5, 0.6) is 0 Å². The van der Waals surface area contributed by atoms with E-state index in [1.165, 1.54) is 0 Å². The number of fused-ring (bicyclic) bond motifs is 1. The lowest BCUT2D eigenvalue weighted by atomic mass is 9.85. The van der Waals surface area contributed by atoms with E-state index in [1.54, 1.807) is 17.8 Å². The Balaban J connectivity index is 1.80. The molecule has 0 saturated carbocycles. The van der Waals surface area contributed by atoms with Gasteiger partial charge in [0.1, 0.15) is 0 Å². The molecule has 3 aromatic rings. The number of benzene rings is 2. The molecule has 0 amide bonds. The number of nitrogens with one attached hydrogen (secondary N) is 1. The summed E-state index contributed by atoms with van der Waals surface area (Å²) in [7, 11) is 1.77. The van der Waals surface area contributed by atoms with Crippen molar-refractivity contribution in [2.75, 3.05) is 18.5 Å². The van der Waals surface area contributed by atoms with Crippen LogP contribution < -0.4 is 10.9 Å². The van der Waals surface area contributed by atoms with Gasteiger partial charge in [-0.3, -0.25) is 4.79 Å². The second kappa shape index (κ2) is 6.45. The molecule has 1 aromatic heterocycles. The smallest absolute Gasteiger partial charge is 0.258 e. The van der Waals surface area contributed by atoms with Gasteiger partial charge in [-0.2, -0.15) is 0 Å². The van der Waals surface area contributed by atoms with E-state index in [2.05, 4.69) is 11.4 Å². The van der Waals surface area contributed by atoms with Gasteiger partial charge in [-0.05, 0) is 47.7 Å². The van der Waals surface area contributed by atoms with Crippen molar-refractivity contribution in [3.63, 3.8) is 0 Å². The number of anilines is 1. The van der Waals surface area contributed by atoms with Crippen LogP contribution in [0.4, 0.5) is 5.69 Å². The fourth-order valence-electron chi connectivity index (χ4n) is 3.76. The minimum atomic E-state index is -0.345. The molecule has 1 fully saturated rings. The van der Waals surface area contributed by atoms with E-state index in [-0.39, 0.29) is 11.1 Å². The molecule has 5 heteroatoms. The summed E-state index contributed by atoms with van der Waals surface area (Å²) in [5, 5.41) is 6.04. The highest BCUT2D eigenvalue weighted by Gasteiger charge is 2.38. The molecule has 4 rings (SSSR count). The third kappa shape index (κ3) is 2.79. The first kappa shape index (κ1) is 17.1. The summed E-state index contributed by atoms with van der Waals surface area (Å²) >= 11 is 6.36. The Morgan fingerprint density at radius 1 is 1.23 bits per heavy atom. The molecule has 0 radical (unpaired) electrons. The number of rotatable bonds is 3. The average Bonchev–Trinajstić information content (AvgIpc) is 3.10. The van der Waals surface area contributed by atoms with E-state index in [9.17, 15) is 4.79 Å². The summed E-state index contributed by atoms with van der Waals surface area (Å²) < 4.78 is 7.34. The molecule has 2 aromatic carbocycles. The van der Waals surface area contributed by atoms with Gasteiger partial charge in [0.25, 0.3) is 5.56 Å². The maximum atomic E-state index is 12.5. The molecule has 1 saturated heterocycles. The average molecular weight is 369 g/mol. The van der Waals surface area contributed by atoms with Crippen molar-refractivity contribution in [2.24, 2.45) is 7.05 Å². The molecule has 1 aliphatic rings. The Hall–Kier alpha value is -2.30. The fourth-order valence-corrected chi connectivity index (χ4v) is 3.93. The molecule has 0 aliphatic carbocycles. The maximum absolute atomic E-state index is 12.5. The Labute approximate surface area is 157 Å². The van der Waals surface area contributed by atoms with Crippen molar-refractivity contribution in [1.29, 1.82) is 0 Å². The van der Waals surface area contributed by atoms with Crippen LogP contribution in [0.2, 0.25) is 5.02 Å². The Kier molecular flexibility index (Phi) is 4.25. The summed E-state index contributed by atoms with van der Waals surface area (Å²) in [5.74, 6) is 0. The summed E-state index contributed by atoms with van der Waals surface area (Å²) in [6, 6.07) is 13.9. The summed E-state index contributed by atoms with van der Waals surface area (Å²) in [6.45, 7) is 3.29. The van der Waals surface area contributed by atoms with Crippen LogP contribution in [0.15, 0.2) is 53.5 Å². The summed E-state index contributed by atoms with van der Waals surface area (Å²) in [6.07, 6.45) is 2.64. The number of nitrogens with zero attached hydrogens (tertiary/aromatic N) is 1. The van der Waals surface area contributed by atoms with Crippen molar-refractivity contribution in [2.45, 2.75) is 18.9 Å². The third-order valence-corrected chi connectivity index (χ3v) is 5.68. The van der Waals surface area contributed by atoms with Crippen LogP contribution in [-0.4, -0.2) is 17.8 Å². The monoisotopic (exact) mass is 368 g/mol. The van der Waals surface area contributed by atoms with Crippen molar-refractivity contribution >= 4 is 28.1 Å². The van der Waals surface area contributed by atoms with Crippen molar-refractivity contribution in [1.82, 2.24) is 4.57 Å². The van der Waals surface area contributed by atoms with Gasteiger partial charge in [-0.1, -0.05) is 29.8 Å². The number of hydrogen-bond acceptors (Lipinski definition) is 3. The molecule has 1 unspecified atom stereocenters. The number of aromatic nitrogens is 1. The van der Waals surface area contributed by atoms with Crippen LogP contribution in [0, 0.1) is 6.92 Å². The van der Waals surface area contributed by atoms with E-state index in [1.807, 2.05) is 43.3 Å². The van der Waals surface area contributed by atoms with Crippen LogP contribution in [0.1, 0.15) is 17.5 Å². The van der Waals surface area contributed by atoms with Crippen LogP contribution >= 0.6 is 11.6 Å². The predicted molar refractivity (Wildman–Crippen MR) is 106 cm³/mol. The zero-order valence-electron chi connectivity index (χ0n) is 14.9. The van der Waals surface area contributed by atoms with Crippen molar-refractivity contribution in [3.8, 4) is 0 Å². The van der Waals surface area contributed by atoms with E-state index < -0.39 is 0 Å². The largest absolute Gasteiger partial charge is 0.379 e. The van der Waals surface area contributed by atoms with Crippen LogP contribution in [-0.2, 0) is 17.3 Å². The standard InChI is InChI=1S/C21H21ClN2O2/c1-14-18(4-3-5-19(14)22)21(9-11-26-13-21)23-16-7-6-15-8-10-24(2)20(25)17(15)12-16/h3-8,10,12,23H,9,11,13H2,1-2H3. The summed E-state index contributed by atoms with van der Waals surface area (Å²) in [4.78, 5) is 12.5. The molecule has 1 N–H and O–H groups in total. The van der Waals surface area contributed by atoms with Gasteiger partial charge in [0.05, 0.1) is 12.1 Å². The first-order chi connectivity index (χ1) is 12.5. The molecule has 2 heterocycles. The zero-order valence-corrected chi connectivity index (χ0v) is 15.6. The molecule has 134 valence electrons. The Morgan fingerprint density at radius 2 is 2.08 bits per heavy atom. The second-order valence-corrected chi connectivity index (χ2v) is 7.36. The van der Waals surface area contributed by atoms with Crippen molar-refractivity contribution < 1.29 is 4.74 Å². The van der Waals surface area contributed by atoms with Gasteiger partial charge in [0.15, 0.2) is 0 Å². The molecular weight excluding hydrogens is 348 g/mol. The highest BCUT2D eigenvalue weighted by molar-refractivity contribution is 6.31. The van der Waals surface area contributed by atoms with Gasteiger partial charge >= 0.3 is 0 Å². The number of pyridine rings is 1. The van der Waals surface area contributed by atoms with E-state index in [0.717, 1.165) is 33.6 Å². The summed E-state index contributed by atoms with van der Waals surface area (Å²) in [5.41, 5.74) is 2.77. The zero-order chi connectivity index (χ0) is 18.3. The third-order valence-electron chi connectivity index (χ3n) is 5.27. The highest BCUT2D eigenvalue weighted by Crippen LogP contribution is 2.38. The Bertz CT molecular complexity index is 1040. The molecular formula is C21H21ClN2O2. The maximum Gasteiger partial charge on any atom is 0.258 e. The van der Waals surface area contributed by atoms with Gasteiger partial charge < -0.3 is 14.6 Å². The molecule has 26 heavy (non-hydrogen) atoms. The first-order valence-corrected chi connectivity index (χ1v) is 9.09. The number of ether oxygens (including phenoxy) is 1. The SMILES string of the molecule is Cc1c(Cl)cccc1C1(Nc2ccc3ccn(C)c(=O)c3c2)CCOC1. The first-order valence-electron chi connectivity index (χ1n) is 8.71. The van der Waals surface area contributed by atoms with Gasteiger partial charge in [-0.25, -0.2) is 0 Å². The fraction of sp³-hybridized carbons (Fsp3) is 0.286. The lowest BCUT2D eigenvalue weighted by Gasteiger charge is -2.32. The van der Waals surface area contributed by atoms with Gasteiger partial charge in [-0.15, -0.1) is 0 Å².